The Morgan fingerprint density at radius 3 is 2.82 bits per heavy atom. The lowest BCUT2D eigenvalue weighted by atomic mass is 10.1. The van der Waals surface area contributed by atoms with E-state index in [1.165, 1.54) is 0 Å². The van der Waals surface area contributed by atoms with Crippen molar-refractivity contribution in [2.75, 3.05) is 13.7 Å². The van der Waals surface area contributed by atoms with Gasteiger partial charge in [0, 0.05) is 17.1 Å². The molecular weight excluding hydrogens is 282 g/mol. The van der Waals surface area contributed by atoms with Gasteiger partial charge in [0.05, 0.1) is 12.6 Å². The fourth-order valence-electron chi connectivity index (χ4n) is 1.58. The monoisotopic (exact) mass is 299 g/mol. The van der Waals surface area contributed by atoms with Crippen LogP contribution in [0.1, 0.15) is 29.3 Å². The van der Waals surface area contributed by atoms with Crippen molar-refractivity contribution in [2.24, 2.45) is 0 Å². The van der Waals surface area contributed by atoms with Gasteiger partial charge in [-0.15, -0.1) is 0 Å². The predicted molar refractivity (Wildman–Crippen MR) is 72.3 cm³/mol. The Bertz CT molecular complexity index is 393. The first kappa shape index (κ1) is 14.2. The van der Waals surface area contributed by atoms with Crippen molar-refractivity contribution in [1.29, 1.82) is 0 Å². The molecule has 1 atom stereocenters. The molecule has 4 heteroatoms. The first-order chi connectivity index (χ1) is 8.10. The number of rotatable bonds is 5. The first-order valence-corrected chi connectivity index (χ1v) is 6.44. The Morgan fingerprint density at radius 1 is 1.53 bits per heavy atom. The van der Waals surface area contributed by atoms with Crippen LogP contribution >= 0.6 is 15.9 Å². The van der Waals surface area contributed by atoms with E-state index in [1.807, 2.05) is 32.0 Å². The smallest absolute Gasteiger partial charge is 0.251 e. The first-order valence-electron chi connectivity index (χ1n) is 5.65. The summed E-state index contributed by atoms with van der Waals surface area (Å²) in [6.07, 6.45) is 0.854. The van der Waals surface area contributed by atoms with Crippen molar-refractivity contribution in [3.63, 3.8) is 0 Å². The minimum absolute atomic E-state index is 0.0484. The Morgan fingerprint density at radius 2 is 2.24 bits per heavy atom. The summed E-state index contributed by atoms with van der Waals surface area (Å²) in [7, 11) is 1.64. The average Bonchev–Trinajstić information content (AvgIpc) is 2.31. The molecule has 94 valence electrons. The van der Waals surface area contributed by atoms with Gasteiger partial charge >= 0.3 is 0 Å². The lowest BCUT2D eigenvalue weighted by Gasteiger charge is -2.17. The summed E-state index contributed by atoms with van der Waals surface area (Å²) < 4.78 is 6.01. The average molecular weight is 300 g/mol. The standard InChI is InChI=1S/C13H18BrNO2/c1-4-10(8-17-3)15-13(16)11-6-5-7-12(14)9(11)2/h5-7,10H,4,8H2,1-3H3,(H,15,16). The van der Waals surface area contributed by atoms with Crippen LogP contribution in [0.5, 0.6) is 0 Å². The van der Waals surface area contributed by atoms with Crippen LogP contribution in [0, 0.1) is 6.92 Å². The molecule has 0 radical (unpaired) electrons. The fourth-order valence-corrected chi connectivity index (χ4v) is 1.95. The van der Waals surface area contributed by atoms with E-state index < -0.39 is 0 Å². The Hall–Kier alpha value is -0.870. The fraction of sp³-hybridized carbons (Fsp3) is 0.462. The second kappa shape index (κ2) is 6.77. The molecule has 0 saturated heterocycles. The van der Waals surface area contributed by atoms with E-state index in [1.54, 1.807) is 7.11 Å². The maximum Gasteiger partial charge on any atom is 0.251 e. The van der Waals surface area contributed by atoms with Crippen LogP contribution in [0.3, 0.4) is 0 Å². The molecule has 17 heavy (non-hydrogen) atoms. The molecule has 1 aromatic carbocycles. The Labute approximate surface area is 111 Å². The molecule has 1 rings (SSSR count). The zero-order chi connectivity index (χ0) is 12.8. The van der Waals surface area contributed by atoms with Gasteiger partial charge in [0.1, 0.15) is 0 Å². The number of halogens is 1. The van der Waals surface area contributed by atoms with Gasteiger partial charge in [0.15, 0.2) is 0 Å². The molecule has 1 unspecified atom stereocenters. The highest BCUT2D eigenvalue weighted by Gasteiger charge is 2.14. The number of ether oxygens (including phenoxy) is 1. The van der Waals surface area contributed by atoms with Crippen molar-refractivity contribution < 1.29 is 9.53 Å². The third-order valence-electron chi connectivity index (χ3n) is 2.71. The van der Waals surface area contributed by atoms with E-state index >= 15 is 0 Å². The van der Waals surface area contributed by atoms with Gasteiger partial charge in [-0.25, -0.2) is 0 Å². The molecule has 0 bridgehead atoms. The van der Waals surface area contributed by atoms with Gasteiger partial charge in [-0.3, -0.25) is 4.79 Å². The maximum absolute atomic E-state index is 12.1. The van der Waals surface area contributed by atoms with Crippen LogP contribution in [0.4, 0.5) is 0 Å². The molecule has 3 nitrogen and oxygen atoms in total. The topological polar surface area (TPSA) is 38.3 Å². The van der Waals surface area contributed by atoms with Gasteiger partial charge < -0.3 is 10.1 Å². The van der Waals surface area contributed by atoms with Crippen LogP contribution in [0.25, 0.3) is 0 Å². The highest BCUT2D eigenvalue weighted by molar-refractivity contribution is 9.10. The van der Waals surface area contributed by atoms with Gasteiger partial charge in [0.2, 0.25) is 0 Å². The van der Waals surface area contributed by atoms with Gasteiger partial charge in [-0.2, -0.15) is 0 Å². The molecular formula is C13H18BrNO2. The van der Waals surface area contributed by atoms with E-state index in [0.717, 1.165) is 16.5 Å². The molecule has 1 N–H and O–H groups in total. The molecule has 0 saturated carbocycles. The van der Waals surface area contributed by atoms with Crippen LogP contribution in [0.2, 0.25) is 0 Å². The molecule has 0 aliphatic carbocycles. The number of benzene rings is 1. The zero-order valence-corrected chi connectivity index (χ0v) is 12.0. The highest BCUT2D eigenvalue weighted by atomic mass is 79.9. The zero-order valence-electron chi connectivity index (χ0n) is 10.4. The third kappa shape index (κ3) is 3.82. The predicted octanol–water partition coefficient (Wildman–Crippen LogP) is 2.91. The van der Waals surface area contributed by atoms with Crippen molar-refractivity contribution in [3.05, 3.63) is 33.8 Å². The second-order valence-electron chi connectivity index (χ2n) is 3.95. The lowest BCUT2D eigenvalue weighted by Crippen LogP contribution is -2.37. The normalized spacial score (nSPS) is 12.2. The minimum atomic E-state index is -0.0484. The second-order valence-corrected chi connectivity index (χ2v) is 4.80. The van der Waals surface area contributed by atoms with Crippen molar-refractivity contribution in [3.8, 4) is 0 Å². The third-order valence-corrected chi connectivity index (χ3v) is 3.57. The van der Waals surface area contributed by atoms with E-state index in [2.05, 4.69) is 21.2 Å². The van der Waals surface area contributed by atoms with Crippen LogP contribution in [0.15, 0.2) is 22.7 Å². The number of hydrogen-bond acceptors (Lipinski definition) is 2. The van der Waals surface area contributed by atoms with Crippen LogP contribution in [-0.4, -0.2) is 25.7 Å². The summed E-state index contributed by atoms with van der Waals surface area (Å²) in [6, 6.07) is 5.68. The van der Waals surface area contributed by atoms with Crippen molar-refractivity contribution in [2.45, 2.75) is 26.3 Å². The largest absolute Gasteiger partial charge is 0.383 e. The van der Waals surface area contributed by atoms with E-state index in [9.17, 15) is 4.79 Å². The summed E-state index contributed by atoms with van der Waals surface area (Å²) in [6.45, 7) is 4.49. The van der Waals surface area contributed by atoms with E-state index in [-0.39, 0.29) is 11.9 Å². The highest BCUT2D eigenvalue weighted by Crippen LogP contribution is 2.19. The van der Waals surface area contributed by atoms with Crippen LogP contribution < -0.4 is 5.32 Å². The SMILES string of the molecule is CCC(COC)NC(=O)c1cccc(Br)c1C. The minimum Gasteiger partial charge on any atom is -0.383 e. The van der Waals surface area contributed by atoms with Crippen molar-refractivity contribution in [1.82, 2.24) is 5.32 Å². The Kier molecular flexibility index (Phi) is 5.65. The molecule has 0 spiro atoms. The molecule has 0 fully saturated rings. The molecule has 0 aliphatic rings. The molecule has 0 aliphatic heterocycles. The van der Waals surface area contributed by atoms with Crippen molar-refractivity contribution >= 4 is 21.8 Å². The van der Waals surface area contributed by atoms with E-state index in [4.69, 9.17) is 4.74 Å². The summed E-state index contributed by atoms with van der Waals surface area (Å²) in [5.74, 6) is -0.0484. The quantitative estimate of drug-likeness (QED) is 0.908. The molecule has 0 aromatic heterocycles. The number of carbonyl (C=O) groups excluding carboxylic acids is 1. The number of hydrogen-bond donors (Lipinski definition) is 1. The number of carbonyl (C=O) groups is 1. The van der Waals surface area contributed by atoms with Crippen LogP contribution in [-0.2, 0) is 4.74 Å². The number of amides is 1. The van der Waals surface area contributed by atoms with Gasteiger partial charge in [0.25, 0.3) is 5.91 Å². The maximum atomic E-state index is 12.1. The summed E-state index contributed by atoms with van der Waals surface area (Å²) >= 11 is 3.42. The summed E-state index contributed by atoms with van der Waals surface area (Å²) in [5, 5.41) is 2.97. The number of methoxy groups -OCH3 is 1. The lowest BCUT2D eigenvalue weighted by molar-refractivity contribution is 0.0894. The molecule has 0 heterocycles. The molecule has 1 aromatic rings. The van der Waals surface area contributed by atoms with E-state index in [0.29, 0.717) is 12.2 Å². The summed E-state index contributed by atoms with van der Waals surface area (Å²) in [4.78, 5) is 12.1. The van der Waals surface area contributed by atoms with Gasteiger partial charge in [-0.05, 0) is 31.0 Å². The number of nitrogens with one attached hydrogen (secondary N) is 1. The molecule has 1 amide bonds. The summed E-state index contributed by atoms with van der Waals surface area (Å²) in [5.41, 5.74) is 1.66. The Balaban J connectivity index is 2.79. The van der Waals surface area contributed by atoms with Gasteiger partial charge in [-0.1, -0.05) is 28.9 Å².